The molecular weight excluding hydrogens is 438 g/mol. The molecule has 0 spiro atoms. The molecular formula is C23H29N7O4. The fourth-order valence-corrected chi connectivity index (χ4v) is 4.70. The summed E-state index contributed by atoms with van der Waals surface area (Å²) in [4.78, 5) is 50.4. The average Bonchev–Trinajstić information content (AvgIpc) is 3.34. The number of fused-ring (bicyclic) bond motifs is 2. The molecule has 0 aromatic carbocycles. The molecule has 1 aliphatic carbocycles. The Morgan fingerprint density at radius 3 is 2.88 bits per heavy atom. The minimum absolute atomic E-state index is 0.0612. The summed E-state index contributed by atoms with van der Waals surface area (Å²) in [6, 6.07) is 0.0612. The fourth-order valence-electron chi connectivity index (χ4n) is 4.70. The minimum Gasteiger partial charge on any atom is -0.494 e. The number of carbonyl (C=O) groups is 3. The van der Waals surface area contributed by atoms with Gasteiger partial charge in [0.05, 0.1) is 0 Å². The summed E-state index contributed by atoms with van der Waals surface area (Å²) in [6.07, 6.45) is 8.33. The number of hydrogen-bond acceptors (Lipinski definition) is 8. The van der Waals surface area contributed by atoms with Crippen LogP contribution in [0.5, 0.6) is 0 Å². The van der Waals surface area contributed by atoms with Gasteiger partial charge in [-0.25, -0.2) is 20.4 Å². The van der Waals surface area contributed by atoms with Crippen LogP contribution in [0.2, 0.25) is 0 Å². The highest BCUT2D eigenvalue weighted by atomic mass is 16.3. The number of hydrogen-bond donors (Lipinski definition) is 3. The number of nitrogens with zero attached hydrogens (tertiary/aromatic N) is 5. The first-order chi connectivity index (χ1) is 16.3. The molecule has 2 unspecified atom stereocenters. The van der Waals surface area contributed by atoms with Crippen molar-refractivity contribution in [1.82, 2.24) is 30.6 Å². The normalized spacial score (nSPS) is 24.3. The average molecular weight is 468 g/mol. The SMILES string of the molecule is CC(C)CN1C(O)=C(C(=O)NC2CC2)C(=O)N2NCC(/C=C/C(=O)N3CCc4cncnc43)C12. The van der Waals surface area contributed by atoms with Gasteiger partial charge < -0.3 is 15.3 Å². The molecule has 1 saturated carbocycles. The quantitative estimate of drug-likeness (QED) is 0.400. The Kier molecular flexibility index (Phi) is 5.72. The van der Waals surface area contributed by atoms with Crippen LogP contribution in [0.15, 0.2) is 36.1 Å². The smallest absolute Gasteiger partial charge is 0.280 e. The molecule has 1 aromatic rings. The summed E-state index contributed by atoms with van der Waals surface area (Å²) >= 11 is 0. The van der Waals surface area contributed by atoms with Crippen LogP contribution in [0.1, 0.15) is 32.3 Å². The van der Waals surface area contributed by atoms with E-state index in [0.29, 0.717) is 31.9 Å². The van der Waals surface area contributed by atoms with Crippen molar-refractivity contribution in [2.24, 2.45) is 11.8 Å². The summed E-state index contributed by atoms with van der Waals surface area (Å²) in [5.41, 5.74) is 3.76. The van der Waals surface area contributed by atoms with E-state index >= 15 is 0 Å². The van der Waals surface area contributed by atoms with Crippen molar-refractivity contribution in [2.45, 2.75) is 45.3 Å². The van der Waals surface area contributed by atoms with E-state index in [1.165, 1.54) is 17.4 Å². The third-order valence-corrected chi connectivity index (χ3v) is 6.47. The number of nitrogens with one attached hydrogen (secondary N) is 2. The number of hydrazine groups is 1. The topological polar surface area (TPSA) is 131 Å². The molecule has 4 aliphatic rings. The van der Waals surface area contributed by atoms with Gasteiger partial charge in [-0.05, 0) is 31.3 Å². The van der Waals surface area contributed by atoms with E-state index in [1.807, 2.05) is 13.8 Å². The highest BCUT2D eigenvalue weighted by molar-refractivity contribution is 6.19. The summed E-state index contributed by atoms with van der Waals surface area (Å²) in [7, 11) is 0. The Hall–Kier alpha value is -3.47. The molecule has 1 aromatic heterocycles. The van der Waals surface area contributed by atoms with E-state index in [4.69, 9.17) is 0 Å². The first-order valence-electron chi connectivity index (χ1n) is 11.7. The Morgan fingerprint density at radius 2 is 2.15 bits per heavy atom. The lowest BCUT2D eigenvalue weighted by Crippen LogP contribution is -2.59. The second-order valence-electron chi connectivity index (χ2n) is 9.58. The third kappa shape index (κ3) is 4.00. The predicted octanol–water partition coefficient (Wildman–Crippen LogP) is 0.231. The van der Waals surface area contributed by atoms with Crippen molar-refractivity contribution in [3.63, 3.8) is 0 Å². The Morgan fingerprint density at radius 1 is 1.35 bits per heavy atom. The number of rotatable bonds is 6. The Labute approximate surface area is 197 Å². The first-order valence-corrected chi connectivity index (χ1v) is 11.7. The van der Waals surface area contributed by atoms with Gasteiger partial charge >= 0.3 is 0 Å². The highest BCUT2D eigenvalue weighted by Crippen LogP contribution is 2.33. The van der Waals surface area contributed by atoms with Crippen LogP contribution in [0.4, 0.5) is 5.82 Å². The van der Waals surface area contributed by atoms with E-state index in [9.17, 15) is 19.5 Å². The number of carbonyl (C=O) groups excluding carboxylic acids is 3. The van der Waals surface area contributed by atoms with Crippen LogP contribution < -0.4 is 15.6 Å². The molecule has 3 N–H and O–H groups in total. The summed E-state index contributed by atoms with van der Waals surface area (Å²) in [6.45, 7) is 5.37. The van der Waals surface area contributed by atoms with Gasteiger partial charge in [0.25, 0.3) is 17.7 Å². The monoisotopic (exact) mass is 467 g/mol. The zero-order valence-corrected chi connectivity index (χ0v) is 19.3. The van der Waals surface area contributed by atoms with Crippen LogP contribution >= 0.6 is 0 Å². The second-order valence-corrected chi connectivity index (χ2v) is 9.58. The Balaban J connectivity index is 1.38. The molecule has 3 amide bonds. The number of amides is 3. The molecule has 180 valence electrons. The van der Waals surface area contributed by atoms with Gasteiger partial charge in [0.15, 0.2) is 5.57 Å². The molecule has 34 heavy (non-hydrogen) atoms. The van der Waals surface area contributed by atoms with E-state index < -0.39 is 18.0 Å². The lowest BCUT2D eigenvalue weighted by molar-refractivity contribution is -0.142. The molecule has 1 saturated heterocycles. The molecule has 11 heteroatoms. The number of aliphatic hydroxyl groups excluding tert-OH is 1. The standard InChI is InChI=1S/C23H29N7O4/c1-13(2)11-29-21-15(3-6-17(31)28-8-7-14-9-24-12-25-19(14)28)10-26-30(21)23(34)18(22(29)33)20(32)27-16-4-5-16/h3,6,9,12-13,15-16,21,26,33H,4-5,7-8,10-11H2,1-2H3,(H,27,32)/b6-3+. The molecule has 0 radical (unpaired) electrons. The molecule has 5 rings (SSSR count). The van der Waals surface area contributed by atoms with Gasteiger partial charge in [0.1, 0.15) is 18.3 Å². The maximum absolute atomic E-state index is 13.2. The van der Waals surface area contributed by atoms with Crippen LogP contribution in [0, 0.1) is 11.8 Å². The van der Waals surface area contributed by atoms with Crippen LogP contribution in [-0.4, -0.2) is 74.5 Å². The second kappa shape index (κ2) is 8.71. The maximum atomic E-state index is 13.2. The van der Waals surface area contributed by atoms with Gasteiger partial charge in [-0.1, -0.05) is 19.9 Å². The van der Waals surface area contributed by atoms with Crippen molar-refractivity contribution < 1.29 is 19.5 Å². The predicted molar refractivity (Wildman–Crippen MR) is 122 cm³/mol. The van der Waals surface area contributed by atoms with Crippen LogP contribution in [0.25, 0.3) is 0 Å². The maximum Gasteiger partial charge on any atom is 0.280 e. The summed E-state index contributed by atoms with van der Waals surface area (Å²) < 4.78 is 0. The zero-order valence-electron chi connectivity index (χ0n) is 19.3. The zero-order chi connectivity index (χ0) is 24.0. The molecule has 2 atom stereocenters. The Bertz CT molecular complexity index is 1080. The number of aromatic nitrogens is 2. The fraction of sp³-hybridized carbons (Fsp3) is 0.522. The van der Waals surface area contributed by atoms with E-state index in [2.05, 4.69) is 20.7 Å². The van der Waals surface area contributed by atoms with Gasteiger partial charge in [-0.15, -0.1) is 0 Å². The molecule has 2 fully saturated rings. The van der Waals surface area contributed by atoms with E-state index in [1.54, 1.807) is 22.1 Å². The minimum atomic E-state index is -0.562. The lowest BCUT2D eigenvalue weighted by Gasteiger charge is -2.42. The largest absolute Gasteiger partial charge is 0.494 e. The van der Waals surface area contributed by atoms with Crippen LogP contribution in [0.3, 0.4) is 0 Å². The number of aliphatic hydroxyl groups is 1. The molecule has 11 nitrogen and oxygen atoms in total. The van der Waals surface area contributed by atoms with Gasteiger partial charge in [0.2, 0.25) is 5.88 Å². The molecule has 0 bridgehead atoms. The van der Waals surface area contributed by atoms with Gasteiger partial charge in [-0.3, -0.25) is 19.3 Å². The summed E-state index contributed by atoms with van der Waals surface area (Å²) in [5, 5.41) is 15.2. The van der Waals surface area contributed by atoms with Gasteiger partial charge in [0, 0.05) is 43.4 Å². The summed E-state index contributed by atoms with van der Waals surface area (Å²) in [5.74, 6) is -1.10. The van der Waals surface area contributed by atoms with Crippen molar-refractivity contribution in [1.29, 1.82) is 0 Å². The van der Waals surface area contributed by atoms with E-state index in [-0.39, 0.29) is 35.2 Å². The number of anilines is 1. The molecule has 3 aliphatic heterocycles. The van der Waals surface area contributed by atoms with Crippen molar-refractivity contribution in [2.75, 3.05) is 24.5 Å². The third-order valence-electron chi connectivity index (χ3n) is 6.47. The first kappa shape index (κ1) is 22.3. The lowest BCUT2D eigenvalue weighted by atomic mass is 10.0. The van der Waals surface area contributed by atoms with Crippen molar-refractivity contribution in [3.05, 3.63) is 41.7 Å². The van der Waals surface area contributed by atoms with E-state index in [0.717, 1.165) is 18.4 Å². The van der Waals surface area contributed by atoms with Crippen molar-refractivity contribution >= 4 is 23.5 Å². The van der Waals surface area contributed by atoms with Crippen LogP contribution in [-0.2, 0) is 20.8 Å². The highest BCUT2D eigenvalue weighted by Gasteiger charge is 2.49. The van der Waals surface area contributed by atoms with Crippen molar-refractivity contribution in [3.8, 4) is 0 Å². The van der Waals surface area contributed by atoms with Gasteiger partial charge in [-0.2, -0.15) is 0 Å². The molecule has 4 heterocycles.